The number of halogens is 1. The summed E-state index contributed by atoms with van der Waals surface area (Å²) in [4.78, 5) is 18.9. The van der Waals surface area contributed by atoms with Crippen molar-refractivity contribution >= 4 is 17.4 Å². The first-order valence-corrected chi connectivity index (χ1v) is 9.08. The van der Waals surface area contributed by atoms with E-state index in [-0.39, 0.29) is 11.7 Å². The van der Waals surface area contributed by atoms with Crippen LogP contribution in [0.1, 0.15) is 21.5 Å². The average Bonchev–Trinajstić information content (AvgIpc) is 3.16. The van der Waals surface area contributed by atoms with Gasteiger partial charge in [0, 0.05) is 25.0 Å². The molecule has 1 aliphatic rings. The van der Waals surface area contributed by atoms with Crippen LogP contribution < -0.4 is 15.0 Å². The van der Waals surface area contributed by atoms with Crippen molar-refractivity contribution in [1.82, 2.24) is 4.98 Å². The number of aromatic nitrogens is 1. The zero-order valence-corrected chi connectivity index (χ0v) is 15.5. The normalized spacial score (nSPS) is 12.6. The second-order valence-electron chi connectivity index (χ2n) is 6.59. The third-order valence-corrected chi connectivity index (χ3v) is 4.83. The van der Waals surface area contributed by atoms with Gasteiger partial charge in [0.05, 0.1) is 12.7 Å². The van der Waals surface area contributed by atoms with E-state index in [1.165, 1.54) is 18.7 Å². The topological polar surface area (TPSA) is 54.5 Å². The summed E-state index contributed by atoms with van der Waals surface area (Å²) in [6, 6.07) is 16.3. The SMILES string of the molecule is COc1ccc(CNc2ccc(C(=O)N3CCc4ccccc43)cn2)cc1F. The molecule has 0 radical (unpaired) electrons. The number of fused-ring (bicyclic) bond motifs is 1. The minimum absolute atomic E-state index is 0.0544. The van der Waals surface area contributed by atoms with Gasteiger partial charge in [-0.25, -0.2) is 9.37 Å². The number of carbonyl (C=O) groups excluding carboxylic acids is 1. The highest BCUT2D eigenvalue weighted by atomic mass is 19.1. The average molecular weight is 377 g/mol. The number of hydrogen-bond donors (Lipinski definition) is 1. The second kappa shape index (κ2) is 7.68. The molecule has 0 saturated carbocycles. The molecule has 0 aliphatic carbocycles. The Hall–Kier alpha value is -3.41. The monoisotopic (exact) mass is 377 g/mol. The Kier molecular flexibility index (Phi) is 4.93. The number of nitrogens with zero attached hydrogens (tertiary/aromatic N) is 2. The number of methoxy groups -OCH3 is 1. The van der Waals surface area contributed by atoms with Crippen LogP contribution in [0.3, 0.4) is 0 Å². The van der Waals surface area contributed by atoms with Gasteiger partial charge in [-0.15, -0.1) is 0 Å². The van der Waals surface area contributed by atoms with E-state index in [9.17, 15) is 9.18 Å². The first-order valence-electron chi connectivity index (χ1n) is 9.08. The van der Waals surface area contributed by atoms with Crippen molar-refractivity contribution < 1.29 is 13.9 Å². The first kappa shape index (κ1) is 18.0. The lowest BCUT2D eigenvalue weighted by Crippen LogP contribution is -2.28. The molecule has 3 aromatic rings. The van der Waals surface area contributed by atoms with Crippen molar-refractivity contribution in [3.05, 3.63) is 83.3 Å². The molecule has 28 heavy (non-hydrogen) atoms. The van der Waals surface area contributed by atoms with Crippen molar-refractivity contribution in [2.45, 2.75) is 13.0 Å². The first-order chi connectivity index (χ1) is 13.7. The van der Waals surface area contributed by atoms with E-state index in [2.05, 4.69) is 16.4 Å². The molecule has 4 rings (SSSR count). The molecule has 0 spiro atoms. The van der Waals surface area contributed by atoms with Crippen LogP contribution in [0.5, 0.6) is 5.75 Å². The van der Waals surface area contributed by atoms with Gasteiger partial charge in [0.1, 0.15) is 5.82 Å². The molecule has 1 aliphatic heterocycles. The lowest BCUT2D eigenvalue weighted by Gasteiger charge is -2.17. The van der Waals surface area contributed by atoms with Gasteiger partial charge in [-0.05, 0) is 47.9 Å². The minimum Gasteiger partial charge on any atom is -0.494 e. The van der Waals surface area contributed by atoms with E-state index >= 15 is 0 Å². The molecule has 1 amide bonds. The van der Waals surface area contributed by atoms with E-state index in [1.54, 1.807) is 35.4 Å². The Bertz CT molecular complexity index is 1000. The second-order valence-corrected chi connectivity index (χ2v) is 6.59. The third-order valence-electron chi connectivity index (χ3n) is 4.83. The largest absolute Gasteiger partial charge is 0.494 e. The van der Waals surface area contributed by atoms with Crippen molar-refractivity contribution in [3.63, 3.8) is 0 Å². The molecule has 0 fully saturated rings. The summed E-state index contributed by atoms with van der Waals surface area (Å²) in [6.45, 7) is 1.10. The van der Waals surface area contributed by atoms with Crippen molar-refractivity contribution in [3.8, 4) is 5.75 Å². The molecule has 142 valence electrons. The highest BCUT2D eigenvalue weighted by Crippen LogP contribution is 2.28. The molecule has 0 bridgehead atoms. The number of hydrogen-bond acceptors (Lipinski definition) is 4. The number of benzene rings is 2. The molecule has 0 atom stereocenters. The Balaban J connectivity index is 1.41. The van der Waals surface area contributed by atoms with Crippen LogP contribution in [0, 0.1) is 5.82 Å². The summed E-state index contributed by atoms with van der Waals surface area (Å²) in [5.74, 6) is 0.380. The van der Waals surface area contributed by atoms with E-state index in [4.69, 9.17) is 4.74 Å². The van der Waals surface area contributed by atoms with Gasteiger partial charge in [0.25, 0.3) is 5.91 Å². The van der Waals surface area contributed by atoms with Crippen molar-refractivity contribution in [2.75, 3.05) is 23.9 Å². The summed E-state index contributed by atoms with van der Waals surface area (Å²) >= 11 is 0. The summed E-state index contributed by atoms with van der Waals surface area (Å²) in [5, 5.41) is 3.13. The number of rotatable bonds is 5. The number of anilines is 2. The van der Waals surface area contributed by atoms with Crippen molar-refractivity contribution in [2.24, 2.45) is 0 Å². The number of amides is 1. The molecule has 0 saturated heterocycles. The van der Waals surface area contributed by atoms with Crippen LogP contribution in [0.15, 0.2) is 60.8 Å². The number of pyridine rings is 1. The van der Waals surface area contributed by atoms with Crippen LogP contribution in [-0.4, -0.2) is 24.5 Å². The summed E-state index contributed by atoms with van der Waals surface area (Å²) < 4.78 is 18.7. The maximum absolute atomic E-state index is 13.8. The van der Waals surface area contributed by atoms with Crippen LogP contribution in [-0.2, 0) is 13.0 Å². The van der Waals surface area contributed by atoms with Crippen LogP contribution in [0.4, 0.5) is 15.9 Å². The Morgan fingerprint density at radius 3 is 2.82 bits per heavy atom. The standard InChI is InChI=1S/C22H20FN3O2/c1-28-20-8-6-15(12-18(20)23)13-24-21-9-7-17(14-25-21)22(27)26-11-10-16-4-2-3-5-19(16)26/h2-9,12,14H,10-11,13H2,1H3,(H,24,25). The fraction of sp³-hybridized carbons (Fsp3) is 0.182. The molecule has 5 nitrogen and oxygen atoms in total. The van der Waals surface area contributed by atoms with Crippen LogP contribution >= 0.6 is 0 Å². The van der Waals surface area contributed by atoms with Gasteiger partial charge in [0.15, 0.2) is 11.6 Å². The molecular weight excluding hydrogens is 357 g/mol. The minimum atomic E-state index is -0.401. The van der Waals surface area contributed by atoms with E-state index in [0.29, 0.717) is 24.5 Å². The van der Waals surface area contributed by atoms with E-state index in [0.717, 1.165) is 17.7 Å². The lowest BCUT2D eigenvalue weighted by molar-refractivity contribution is 0.0989. The predicted molar refractivity (Wildman–Crippen MR) is 106 cm³/mol. The molecule has 1 aromatic heterocycles. The van der Waals surface area contributed by atoms with Gasteiger partial charge >= 0.3 is 0 Å². The molecular formula is C22H20FN3O2. The zero-order chi connectivity index (χ0) is 19.5. The summed E-state index contributed by atoms with van der Waals surface area (Å²) in [5.41, 5.74) is 3.47. The predicted octanol–water partition coefficient (Wildman–Crippen LogP) is 4.04. The summed E-state index contributed by atoms with van der Waals surface area (Å²) in [6.07, 6.45) is 2.44. The third kappa shape index (κ3) is 3.53. The van der Waals surface area contributed by atoms with Crippen LogP contribution in [0.25, 0.3) is 0 Å². The number of carbonyl (C=O) groups is 1. The Labute approximate surface area is 162 Å². The maximum atomic E-state index is 13.8. The van der Waals surface area contributed by atoms with Gasteiger partial charge in [0.2, 0.25) is 0 Å². The Morgan fingerprint density at radius 2 is 2.07 bits per heavy atom. The van der Waals surface area contributed by atoms with Gasteiger partial charge < -0.3 is 15.0 Å². The maximum Gasteiger partial charge on any atom is 0.259 e. The highest BCUT2D eigenvalue weighted by Gasteiger charge is 2.25. The highest BCUT2D eigenvalue weighted by molar-refractivity contribution is 6.07. The summed E-state index contributed by atoms with van der Waals surface area (Å²) in [7, 11) is 1.43. The smallest absolute Gasteiger partial charge is 0.259 e. The quantitative estimate of drug-likeness (QED) is 0.729. The number of nitrogens with one attached hydrogen (secondary N) is 1. The molecule has 2 aromatic carbocycles. The van der Waals surface area contributed by atoms with E-state index < -0.39 is 5.82 Å². The molecule has 6 heteroatoms. The van der Waals surface area contributed by atoms with Crippen LogP contribution in [0.2, 0.25) is 0 Å². The van der Waals surface area contributed by atoms with Crippen molar-refractivity contribution in [1.29, 1.82) is 0 Å². The lowest BCUT2D eigenvalue weighted by atomic mass is 10.2. The van der Waals surface area contributed by atoms with Gasteiger partial charge in [-0.3, -0.25) is 4.79 Å². The molecule has 1 N–H and O–H groups in total. The molecule has 0 unspecified atom stereocenters. The van der Waals surface area contributed by atoms with Gasteiger partial charge in [-0.1, -0.05) is 24.3 Å². The van der Waals surface area contributed by atoms with Gasteiger partial charge in [-0.2, -0.15) is 0 Å². The molecule has 2 heterocycles. The fourth-order valence-corrected chi connectivity index (χ4v) is 3.34. The Morgan fingerprint density at radius 1 is 1.21 bits per heavy atom. The fourth-order valence-electron chi connectivity index (χ4n) is 3.34. The number of para-hydroxylation sites is 1. The van der Waals surface area contributed by atoms with E-state index in [1.807, 2.05) is 18.2 Å². The number of ether oxygens (including phenoxy) is 1. The zero-order valence-electron chi connectivity index (χ0n) is 15.5.